The van der Waals surface area contributed by atoms with Gasteiger partial charge in [0.2, 0.25) is 0 Å². The molecule has 0 aromatic heterocycles. The molecule has 0 heterocycles. The SMILES string of the molecule is Cc1cc(F)cc(C)c1-c1ccc(F)cc1C=O. The Morgan fingerprint density at radius 1 is 0.944 bits per heavy atom. The number of halogens is 2. The van der Waals surface area contributed by atoms with E-state index in [0.29, 0.717) is 11.8 Å². The molecule has 0 aliphatic carbocycles. The molecule has 0 aliphatic rings. The summed E-state index contributed by atoms with van der Waals surface area (Å²) in [6.07, 6.45) is 0.612. The standard InChI is InChI=1S/C15H12F2O/c1-9-5-13(17)6-10(2)15(9)14-4-3-12(16)7-11(14)8-18/h3-8H,1-2H3. The van der Waals surface area contributed by atoms with Crippen molar-refractivity contribution in [3.05, 3.63) is 58.7 Å². The topological polar surface area (TPSA) is 17.1 Å². The minimum absolute atomic E-state index is 0.271. The highest BCUT2D eigenvalue weighted by Gasteiger charge is 2.12. The second-order valence-electron chi connectivity index (χ2n) is 4.26. The lowest BCUT2D eigenvalue weighted by atomic mass is 9.92. The molecule has 18 heavy (non-hydrogen) atoms. The highest BCUT2D eigenvalue weighted by Crippen LogP contribution is 2.30. The Hall–Kier alpha value is -2.03. The van der Waals surface area contributed by atoms with Crippen LogP contribution in [0.4, 0.5) is 8.78 Å². The number of hydrogen-bond acceptors (Lipinski definition) is 1. The summed E-state index contributed by atoms with van der Waals surface area (Å²) in [7, 11) is 0. The maximum absolute atomic E-state index is 13.2. The van der Waals surface area contributed by atoms with Gasteiger partial charge in [0.25, 0.3) is 0 Å². The van der Waals surface area contributed by atoms with Gasteiger partial charge in [-0.15, -0.1) is 0 Å². The van der Waals surface area contributed by atoms with Gasteiger partial charge in [-0.05, 0) is 60.4 Å². The first-order valence-corrected chi connectivity index (χ1v) is 5.55. The molecule has 0 bridgehead atoms. The molecule has 0 saturated carbocycles. The van der Waals surface area contributed by atoms with Crippen molar-refractivity contribution in [2.24, 2.45) is 0 Å². The lowest BCUT2D eigenvalue weighted by Gasteiger charge is -2.12. The fourth-order valence-corrected chi connectivity index (χ4v) is 2.19. The zero-order valence-electron chi connectivity index (χ0n) is 10.1. The van der Waals surface area contributed by atoms with Gasteiger partial charge in [-0.1, -0.05) is 6.07 Å². The predicted molar refractivity (Wildman–Crippen MR) is 66.7 cm³/mol. The molecule has 0 atom stereocenters. The Bertz CT molecular complexity index is 595. The van der Waals surface area contributed by atoms with E-state index in [4.69, 9.17) is 0 Å². The van der Waals surface area contributed by atoms with Crippen molar-refractivity contribution in [2.75, 3.05) is 0 Å². The first kappa shape index (κ1) is 12.4. The predicted octanol–water partition coefficient (Wildman–Crippen LogP) is 4.06. The number of hydrogen-bond donors (Lipinski definition) is 0. The van der Waals surface area contributed by atoms with E-state index < -0.39 is 5.82 Å². The molecule has 1 nitrogen and oxygen atoms in total. The van der Waals surface area contributed by atoms with Crippen molar-refractivity contribution in [1.29, 1.82) is 0 Å². The summed E-state index contributed by atoms with van der Waals surface area (Å²) in [6.45, 7) is 3.53. The first-order chi connectivity index (χ1) is 8.52. The van der Waals surface area contributed by atoms with Gasteiger partial charge in [-0.2, -0.15) is 0 Å². The van der Waals surface area contributed by atoms with Crippen LogP contribution in [0.3, 0.4) is 0 Å². The summed E-state index contributed by atoms with van der Waals surface area (Å²) in [4.78, 5) is 11.0. The van der Waals surface area contributed by atoms with Crippen LogP contribution in [0, 0.1) is 25.5 Å². The molecule has 0 aliphatic heterocycles. The molecule has 0 saturated heterocycles. The van der Waals surface area contributed by atoms with Gasteiger partial charge in [0.15, 0.2) is 6.29 Å². The summed E-state index contributed by atoms with van der Waals surface area (Å²) in [6, 6.07) is 6.84. The van der Waals surface area contributed by atoms with Crippen LogP contribution in [-0.4, -0.2) is 6.29 Å². The summed E-state index contributed by atoms with van der Waals surface area (Å²) < 4.78 is 26.3. The van der Waals surface area contributed by atoms with Crippen LogP contribution < -0.4 is 0 Å². The molecule has 0 amide bonds. The van der Waals surface area contributed by atoms with Crippen LogP contribution in [0.25, 0.3) is 11.1 Å². The minimum Gasteiger partial charge on any atom is -0.298 e. The molecule has 3 heteroatoms. The lowest BCUT2D eigenvalue weighted by molar-refractivity contribution is 0.112. The molecule has 2 aromatic carbocycles. The van der Waals surface area contributed by atoms with Gasteiger partial charge in [-0.3, -0.25) is 4.79 Å². The minimum atomic E-state index is -0.460. The molecule has 2 aromatic rings. The monoisotopic (exact) mass is 246 g/mol. The van der Waals surface area contributed by atoms with E-state index in [2.05, 4.69) is 0 Å². The average molecular weight is 246 g/mol. The molecular weight excluding hydrogens is 234 g/mol. The fraction of sp³-hybridized carbons (Fsp3) is 0.133. The van der Waals surface area contributed by atoms with Gasteiger partial charge >= 0.3 is 0 Å². The zero-order chi connectivity index (χ0) is 13.3. The second-order valence-corrected chi connectivity index (χ2v) is 4.26. The van der Waals surface area contributed by atoms with E-state index in [1.807, 2.05) is 0 Å². The number of aldehydes is 1. The van der Waals surface area contributed by atoms with Gasteiger partial charge < -0.3 is 0 Å². The Morgan fingerprint density at radius 2 is 1.56 bits per heavy atom. The first-order valence-electron chi connectivity index (χ1n) is 5.55. The molecule has 0 unspecified atom stereocenters. The lowest BCUT2D eigenvalue weighted by Crippen LogP contribution is -1.95. The Balaban J connectivity index is 2.73. The number of benzene rings is 2. The van der Waals surface area contributed by atoms with Gasteiger partial charge in [0.05, 0.1) is 0 Å². The molecule has 2 rings (SSSR count). The van der Waals surface area contributed by atoms with E-state index in [0.717, 1.165) is 16.7 Å². The van der Waals surface area contributed by atoms with E-state index in [1.165, 1.54) is 24.3 Å². The molecule has 0 spiro atoms. The fourth-order valence-electron chi connectivity index (χ4n) is 2.19. The third kappa shape index (κ3) is 2.16. The highest BCUT2D eigenvalue weighted by atomic mass is 19.1. The van der Waals surface area contributed by atoms with E-state index in [9.17, 15) is 13.6 Å². The number of aryl methyl sites for hydroxylation is 2. The average Bonchev–Trinajstić information content (AvgIpc) is 2.29. The summed E-state index contributed by atoms with van der Waals surface area (Å²) in [5.41, 5.74) is 3.12. The summed E-state index contributed by atoms with van der Waals surface area (Å²) >= 11 is 0. The van der Waals surface area contributed by atoms with Crippen LogP contribution in [0.2, 0.25) is 0 Å². The molecule has 0 fully saturated rings. The highest BCUT2D eigenvalue weighted by molar-refractivity contribution is 5.89. The number of rotatable bonds is 2. The Kier molecular flexibility index (Phi) is 3.24. The van der Waals surface area contributed by atoms with Crippen LogP contribution >= 0.6 is 0 Å². The number of carbonyl (C=O) groups excluding carboxylic acids is 1. The van der Waals surface area contributed by atoms with E-state index in [-0.39, 0.29) is 11.4 Å². The quantitative estimate of drug-likeness (QED) is 0.730. The summed E-state index contributed by atoms with van der Waals surface area (Å²) in [5, 5.41) is 0. The third-order valence-corrected chi connectivity index (χ3v) is 2.91. The Morgan fingerprint density at radius 3 is 2.11 bits per heavy atom. The molecule has 0 N–H and O–H groups in total. The maximum atomic E-state index is 13.2. The van der Waals surface area contributed by atoms with E-state index >= 15 is 0 Å². The number of carbonyl (C=O) groups is 1. The van der Waals surface area contributed by atoms with Crippen LogP contribution in [-0.2, 0) is 0 Å². The Labute approximate surface area is 104 Å². The van der Waals surface area contributed by atoms with Crippen LogP contribution in [0.1, 0.15) is 21.5 Å². The van der Waals surface area contributed by atoms with Gasteiger partial charge in [0, 0.05) is 5.56 Å². The second kappa shape index (κ2) is 4.69. The molecular formula is C15H12F2O. The smallest absolute Gasteiger partial charge is 0.150 e. The largest absolute Gasteiger partial charge is 0.298 e. The normalized spacial score (nSPS) is 10.4. The third-order valence-electron chi connectivity index (χ3n) is 2.91. The van der Waals surface area contributed by atoms with Crippen molar-refractivity contribution in [1.82, 2.24) is 0 Å². The molecule has 92 valence electrons. The van der Waals surface area contributed by atoms with Gasteiger partial charge in [0.1, 0.15) is 11.6 Å². The zero-order valence-corrected chi connectivity index (χ0v) is 10.1. The van der Waals surface area contributed by atoms with Crippen molar-refractivity contribution in [3.63, 3.8) is 0 Å². The maximum Gasteiger partial charge on any atom is 0.150 e. The van der Waals surface area contributed by atoms with Crippen molar-refractivity contribution < 1.29 is 13.6 Å². The summed E-state index contributed by atoms with van der Waals surface area (Å²) in [5.74, 6) is -0.776. The van der Waals surface area contributed by atoms with Crippen molar-refractivity contribution in [2.45, 2.75) is 13.8 Å². The van der Waals surface area contributed by atoms with Gasteiger partial charge in [-0.25, -0.2) is 8.78 Å². The van der Waals surface area contributed by atoms with Crippen molar-refractivity contribution >= 4 is 6.29 Å². The van der Waals surface area contributed by atoms with Crippen molar-refractivity contribution in [3.8, 4) is 11.1 Å². The van der Waals surface area contributed by atoms with Crippen LogP contribution in [0.15, 0.2) is 30.3 Å². The molecule has 0 radical (unpaired) electrons. The van der Waals surface area contributed by atoms with E-state index in [1.54, 1.807) is 19.9 Å². The van der Waals surface area contributed by atoms with Crippen LogP contribution in [0.5, 0.6) is 0 Å².